The lowest BCUT2D eigenvalue weighted by Crippen LogP contribution is -2.32. The molecule has 0 amide bonds. The van der Waals surface area contributed by atoms with Crippen molar-refractivity contribution in [2.24, 2.45) is 5.92 Å². The van der Waals surface area contributed by atoms with Crippen molar-refractivity contribution < 1.29 is 14.3 Å². The van der Waals surface area contributed by atoms with E-state index in [1.807, 2.05) is 18.2 Å². The van der Waals surface area contributed by atoms with E-state index in [1.165, 1.54) is 11.6 Å². The van der Waals surface area contributed by atoms with Crippen LogP contribution in [0.5, 0.6) is 0 Å². The van der Waals surface area contributed by atoms with Crippen LogP contribution in [0.15, 0.2) is 66.9 Å². The van der Waals surface area contributed by atoms with Gasteiger partial charge in [-0.3, -0.25) is 9.59 Å². The second kappa shape index (κ2) is 8.50. The van der Waals surface area contributed by atoms with Crippen LogP contribution >= 0.6 is 0 Å². The van der Waals surface area contributed by atoms with Gasteiger partial charge in [-0.15, -0.1) is 0 Å². The van der Waals surface area contributed by atoms with Crippen LogP contribution in [0.25, 0.3) is 5.57 Å². The maximum Gasteiger partial charge on any atom is 0.321 e. The molecule has 0 radical (unpaired) electrons. The van der Waals surface area contributed by atoms with Gasteiger partial charge in [-0.05, 0) is 63.0 Å². The molecule has 1 saturated heterocycles. The average molecular weight is 417 g/mol. The first kappa shape index (κ1) is 21.0. The number of ketones is 1. The molecule has 0 bridgehead atoms. The number of aromatic nitrogens is 1. The van der Waals surface area contributed by atoms with Crippen LogP contribution in [0.1, 0.15) is 50.8 Å². The smallest absolute Gasteiger partial charge is 0.321 e. The lowest BCUT2D eigenvalue weighted by molar-refractivity contribution is -0.159. The summed E-state index contributed by atoms with van der Waals surface area (Å²) in [6.45, 7) is 6.35. The minimum absolute atomic E-state index is 0.264. The number of pyridine rings is 1. The van der Waals surface area contributed by atoms with E-state index >= 15 is 0 Å². The molecule has 0 N–H and O–H groups in total. The third-order valence-corrected chi connectivity index (χ3v) is 5.55. The van der Waals surface area contributed by atoms with Gasteiger partial charge in [0.05, 0.1) is 6.04 Å². The molecule has 4 rings (SSSR count). The van der Waals surface area contributed by atoms with Gasteiger partial charge < -0.3 is 9.64 Å². The van der Waals surface area contributed by atoms with Crippen molar-refractivity contribution in [3.63, 3.8) is 0 Å². The van der Waals surface area contributed by atoms with Crippen LogP contribution in [0.3, 0.4) is 0 Å². The van der Waals surface area contributed by atoms with Gasteiger partial charge in [0.2, 0.25) is 0 Å². The van der Waals surface area contributed by atoms with Crippen LogP contribution in [0, 0.1) is 5.92 Å². The molecular formula is C26H28N2O3. The zero-order valence-corrected chi connectivity index (χ0v) is 18.2. The maximum absolute atomic E-state index is 12.5. The normalized spacial score (nSPS) is 21.2. The van der Waals surface area contributed by atoms with E-state index in [0.29, 0.717) is 6.04 Å². The SMILES string of the molecule is CC(C)(C)OC(=O)C1C=CC(c2ccc(N3CCCC3c3ccccc3)nc2)=CC1=O. The third kappa shape index (κ3) is 4.76. The highest BCUT2D eigenvalue weighted by atomic mass is 16.6. The fourth-order valence-electron chi connectivity index (χ4n) is 4.11. The van der Waals surface area contributed by atoms with Gasteiger partial charge in [0.25, 0.3) is 0 Å². The molecule has 1 aromatic heterocycles. The number of ether oxygens (including phenoxy) is 1. The maximum atomic E-state index is 12.5. The highest BCUT2D eigenvalue weighted by molar-refractivity contribution is 6.12. The number of carbonyl (C=O) groups is 2. The monoisotopic (exact) mass is 416 g/mol. The number of carbonyl (C=O) groups excluding carboxylic acids is 2. The predicted molar refractivity (Wildman–Crippen MR) is 121 cm³/mol. The van der Waals surface area contributed by atoms with Crippen LogP contribution in [-0.2, 0) is 14.3 Å². The van der Waals surface area contributed by atoms with E-state index in [4.69, 9.17) is 4.74 Å². The molecule has 2 heterocycles. The van der Waals surface area contributed by atoms with E-state index in [9.17, 15) is 9.59 Å². The molecule has 2 aromatic rings. The Hall–Kier alpha value is -3.21. The topological polar surface area (TPSA) is 59.5 Å². The number of hydrogen-bond donors (Lipinski definition) is 0. The molecular weight excluding hydrogens is 388 g/mol. The van der Waals surface area contributed by atoms with E-state index < -0.39 is 17.5 Å². The minimum atomic E-state index is -0.883. The van der Waals surface area contributed by atoms with Gasteiger partial charge in [-0.2, -0.15) is 0 Å². The molecule has 2 atom stereocenters. The summed E-state index contributed by atoms with van der Waals surface area (Å²) in [7, 11) is 0. The molecule has 1 aliphatic carbocycles. The van der Waals surface area contributed by atoms with E-state index in [-0.39, 0.29) is 5.78 Å². The van der Waals surface area contributed by atoms with Crippen molar-refractivity contribution in [3.05, 3.63) is 78.0 Å². The summed E-state index contributed by atoms with van der Waals surface area (Å²) in [6.07, 6.45) is 8.97. The lowest BCUT2D eigenvalue weighted by atomic mass is 9.92. The first-order chi connectivity index (χ1) is 14.8. The number of allylic oxidation sites excluding steroid dienone is 3. The van der Waals surface area contributed by atoms with Gasteiger partial charge in [0.15, 0.2) is 5.78 Å². The summed E-state index contributed by atoms with van der Waals surface area (Å²) in [5.41, 5.74) is 2.29. The Morgan fingerprint density at radius 3 is 2.55 bits per heavy atom. The first-order valence-electron chi connectivity index (χ1n) is 10.8. The van der Waals surface area contributed by atoms with Crippen LogP contribution < -0.4 is 4.90 Å². The quantitative estimate of drug-likeness (QED) is 0.524. The van der Waals surface area contributed by atoms with E-state index in [1.54, 1.807) is 39.1 Å². The molecule has 1 fully saturated rings. The number of esters is 1. The number of rotatable bonds is 4. The van der Waals surface area contributed by atoms with E-state index in [0.717, 1.165) is 36.3 Å². The van der Waals surface area contributed by atoms with Crippen molar-refractivity contribution in [1.29, 1.82) is 0 Å². The Labute approximate surface area is 183 Å². The second-order valence-electron chi connectivity index (χ2n) is 9.04. The van der Waals surface area contributed by atoms with Crippen LogP contribution in [-0.4, -0.2) is 28.9 Å². The number of nitrogens with zero attached hydrogens (tertiary/aromatic N) is 2. The van der Waals surface area contributed by atoms with Gasteiger partial charge in [0, 0.05) is 18.3 Å². The molecule has 1 aliphatic heterocycles. The predicted octanol–water partition coefficient (Wildman–Crippen LogP) is 4.90. The summed E-state index contributed by atoms with van der Waals surface area (Å²) in [6, 6.07) is 14.9. The fraction of sp³-hybridized carbons (Fsp3) is 0.346. The van der Waals surface area contributed by atoms with Crippen LogP contribution in [0.2, 0.25) is 0 Å². The highest BCUT2D eigenvalue weighted by Crippen LogP contribution is 2.35. The zero-order valence-electron chi connectivity index (χ0n) is 18.2. The first-order valence-corrected chi connectivity index (χ1v) is 10.8. The largest absolute Gasteiger partial charge is 0.459 e. The van der Waals surface area contributed by atoms with Gasteiger partial charge >= 0.3 is 5.97 Å². The fourth-order valence-corrected chi connectivity index (χ4v) is 4.11. The summed E-state index contributed by atoms with van der Waals surface area (Å²) in [5.74, 6) is -0.724. The summed E-state index contributed by atoms with van der Waals surface area (Å²) >= 11 is 0. The molecule has 2 unspecified atom stereocenters. The molecule has 160 valence electrons. The summed E-state index contributed by atoms with van der Waals surface area (Å²) < 4.78 is 5.35. The molecule has 31 heavy (non-hydrogen) atoms. The Balaban J connectivity index is 1.48. The van der Waals surface area contributed by atoms with Gasteiger partial charge in [-0.1, -0.05) is 42.5 Å². The van der Waals surface area contributed by atoms with Crippen molar-refractivity contribution >= 4 is 23.1 Å². The van der Waals surface area contributed by atoms with Crippen molar-refractivity contribution in [2.75, 3.05) is 11.4 Å². The van der Waals surface area contributed by atoms with Gasteiger partial charge in [-0.25, -0.2) is 4.98 Å². The Kier molecular flexibility index (Phi) is 5.77. The van der Waals surface area contributed by atoms with Gasteiger partial charge in [0.1, 0.15) is 17.3 Å². The summed E-state index contributed by atoms with van der Waals surface area (Å²) in [4.78, 5) is 31.8. The number of hydrogen-bond acceptors (Lipinski definition) is 5. The van der Waals surface area contributed by atoms with Crippen LogP contribution in [0.4, 0.5) is 5.82 Å². The van der Waals surface area contributed by atoms with Crippen molar-refractivity contribution in [3.8, 4) is 0 Å². The zero-order chi connectivity index (χ0) is 22.0. The third-order valence-electron chi connectivity index (χ3n) is 5.55. The average Bonchev–Trinajstić information content (AvgIpc) is 3.23. The number of benzene rings is 1. The highest BCUT2D eigenvalue weighted by Gasteiger charge is 2.30. The van der Waals surface area contributed by atoms with Crippen molar-refractivity contribution in [1.82, 2.24) is 4.98 Å². The van der Waals surface area contributed by atoms with Crippen molar-refractivity contribution in [2.45, 2.75) is 45.3 Å². The molecule has 0 spiro atoms. The molecule has 5 heteroatoms. The molecule has 2 aliphatic rings. The second-order valence-corrected chi connectivity index (χ2v) is 9.04. The standard InChI is InChI=1S/C26H28N2O3/c1-26(2,3)31-25(30)21-13-11-19(16-23(21)29)20-12-14-24(27-17-20)28-15-7-10-22(28)18-8-5-4-6-9-18/h4-6,8-9,11-14,16-17,21-22H,7,10,15H2,1-3H3. The molecule has 5 nitrogen and oxygen atoms in total. The Morgan fingerprint density at radius 1 is 1.13 bits per heavy atom. The Morgan fingerprint density at radius 2 is 1.90 bits per heavy atom. The number of anilines is 1. The molecule has 0 saturated carbocycles. The van der Waals surface area contributed by atoms with E-state index in [2.05, 4.69) is 34.1 Å². The summed E-state index contributed by atoms with van der Waals surface area (Å²) in [5, 5.41) is 0. The minimum Gasteiger partial charge on any atom is -0.459 e. The molecule has 1 aromatic carbocycles. The Bertz CT molecular complexity index is 1020. The lowest BCUT2D eigenvalue weighted by Gasteiger charge is -2.26.